The van der Waals surface area contributed by atoms with Gasteiger partial charge in [0.15, 0.2) is 0 Å². The van der Waals surface area contributed by atoms with Gasteiger partial charge in [-0.3, -0.25) is 18.7 Å². The standard InChI is InChI=1S/C37H24Cl2N2O2/c38-25-16-20-27(21-17-25)40-31-14-8-2-6-12-29(31)34(36(40)42)33(24-10-4-1-5-11-24)35-30-13-7-3-9-15-32(30)41(37(35)43)28-22-18-26(39)19-23-28/h1-23,33H. The number of nitrogens with zero attached hydrogens (tertiary/aromatic N) is 2. The van der Waals surface area contributed by atoms with E-state index in [9.17, 15) is 9.59 Å². The molecule has 0 N–H and O–H groups in total. The molecule has 2 aliphatic carbocycles. The molecule has 0 fully saturated rings. The summed E-state index contributed by atoms with van der Waals surface area (Å²) in [6, 6.07) is 43.5. The van der Waals surface area contributed by atoms with Crippen LogP contribution in [0.3, 0.4) is 0 Å². The van der Waals surface area contributed by atoms with E-state index in [2.05, 4.69) is 0 Å². The fraction of sp³-hybridized carbons (Fsp3) is 0.0270. The molecule has 0 saturated carbocycles. The quantitative estimate of drug-likeness (QED) is 0.199. The monoisotopic (exact) mass is 598 g/mol. The first-order valence-electron chi connectivity index (χ1n) is 13.9. The molecule has 4 aliphatic rings. The molecule has 0 unspecified atom stereocenters. The van der Waals surface area contributed by atoms with Gasteiger partial charge in [0.25, 0.3) is 11.1 Å². The Bertz CT molecular complexity index is 2000. The third kappa shape index (κ3) is 4.65. The Balaban J connectivity index is 1.60. The Morgan fingerprint density at radius 2 is 0.814 bits per heavy atom. The molecule has 2 heterocycles. The highest BCUT2D eigenvalue weighted by Crippen LogP contribution is 2.42. The summed E-state index contributed by atoms with van der Waals surface area (Å²) in [6.45, 7) is 0. The first-order valence-corrected chi connectivity index (χ1v) is 14.6. The molecule has 7 rings (SSSR count). The fourth-order valence-corrected chi connectivity index (χ4v) is 6.24. The van der Waals surface area contributed by atoms with Crippen LogP contribution < -0.4 is 11.1 Å². The minimum absolute atomic E-state index is 0.190. The molecule has 4 nitrogen and oxygen atoms in total. The first-order chi connectivity index (χ1) is 21.0. The van der Waals surface area contributed by atoms with Crippen molar-refractivity contribution in [3.05, 3.63) is 187 Å². The Morgan fingerprint density at radius 1 is 0.442 bits per heavy atom. The zero-order valence-electron chi connectivity index (χ0n) is 22.8. The van der Waals surface area contributed by atoms with Crippen molar-refractivity contribution >= 4 is 23.2 Å². The van der Waals surface area contributed by atoms with E-state index in [1.807, 2.05) is 115 Å². The van der Waals surface area contributed by atoms with Crippen molar-refractivity contribution in [1.82, 2.24) is 9.13 Å². The summed E-state index contributed by atoms with van der Waals surface area (Å²) in [5, 5.41) is 1.17. The van der Waals surface area contributed by atoms with Crippen LogP contribution in [0.15, 0.2) is 149 Å². The summed E-state index contributed by atoms with van der Waals surface area (Å²) in [6.07, 6.45) is 0. The topological polar surface area (TPSA) is 44.0 Å². The summed E-state index contributed by atoms with van der Waals surface area (Å²) in [4.78, 5) is 29.4. The van der Waals surface area contributed by atoms with Crippen molar-refractivity contribution < 1.29 is 0 Å². The van der Waals surface area contributed by atoms with Crippen molar-refractivity contribution in [2.24, 2.45) is 0 Å². The van der Waals surface area contributed by atoms with Crippen molar-refractivity contribution in [1.29, 1.82) is 0 Å². The van der Waals surface area contributed by atoms with Crippen LogP contribution in [0.1, 0.15) is 22.6 Å². The molecule has 2 aliphatic heterocycles. The number of fused-ring (bicyclic) bond motifs is 2. The lowest BCUT2D eigenvalue weighted by Crippen LogP contribution is -2.24. The average molecular weight is 600 g/mol. The maximum Gasteiger partial charge on any atom is 0.260 e. The van der Waals surface area contributed by atoms with Gasteiger partial charge in [-0.05, 0) is 66.2 Å². The van der Waals surface area contributed by atoms with Gasteiger partial charge >= 0.3 is 0 Å². The molecule has 0 bridgehead atoms. The zero-order valence-corrected chi connectivity index (χ0v) is 24.3. The smallest absolute Gasteiger partial charge is 0.260 e. The van der Waals surface area contributed by atoms with Gasteiger partial charge in [0.2, 0.25) is 0 Å². The number of hydrogen-bond donors (Lipinski definition) is 0. The van der Waals surface area contributed by atoms with Gasteiger partial charge in [-0.15, -0.1) is 0 Å². The fourth-order valence-electron chi connectivity index (χ4n) is 5.99. The summed E-state index contributed by atoms with van der Waals surface area (Å²) in [7, 11) is 0. The highest BCUT2D eigenvalue weighted by Gasteiger charge is 2.35. The lowest BCUT2D eigenvalue weighted by atomic mass is 9.83. The van der Waals surface area contributed by atoms with E-state index < -0.39 is 5.92 Å². The summed E-state index contributed by atoms with van der Waals surface area (Å²) < 4.78 is 3.42. The lowest BCUT2D eigenvalue weighted by Gasteiger charge is -2.17. The second-order valence-electron chi connectivity index (χ2n) is 10.3. The van der Waals surface area contributed by atoms with Crippen molar-refractivity contribution in [2.45, 2.75) is 5.92 Å². The second-order valence-corrected chi connectivity index (χ2v) is 11.2. The van der Waals surface area contributed by atoms with Crippen LogP contribution >= 0.6 is 23.2 Å². The third-order valence-electron chi connectivity index (χ3n) is 7.84. The molecule has 0 spiro atoms. The summed E-state index contributed by atoms with van der Waals surface area (Å²) in [5.41, 5.74) is 5.95. The number of halogens is 2. The van der Waals surface area contributed by atoms with Gasteiger partial charge in [-0.25, -0.2) is 0 Å². The van der Waals surface area contributed by atoms with Gasteiger partial charge in [-0.2, -0.15) is 0 Å². The second kappa shape index (κ2) is 11.1. The number of hydrogen-bond acceptors (Lipinski definition) is 2. The van der Waals surface area contributed by atoms with E-state index in [1.54, 1.807) is 33.4 Å². The molecule has 3 aromatic rings. The number of rotatable bonds is 5. The van der Waals surface area contributed by atoms with Gasteiger partial charge in [0.05, 0.1) is 11.4 Å². The molecule has 43 heavy (non-hydrogen) atoms. The van der Waals surface area contributed by atoms with Gasteiger partial charge in [-0.1, -0.05) is 102 Å². The van der Waals surface area contributed by atoms with Crippen LogP contribution in [0.5, 0.6) is 0 Å². The first kappa shape index (κ1) is 27.0. The molecule has 208 valence electrons. The Hall–Kier alpha value is -4.90. The minimum Gasteiger partial charge on any atom is -0.277 e. The van der Waals surface area contributed by atoms with Crippen LogP contribution in [0.25, 0.3) is 33.9 Å². The van der Waals surface area contributed by atoms with Gasteiger partial charge in [0.1, 0.15) is 0 Å². The van der Waals surface area contributed by atoms with Crippen LogP contribution in [0, 0.1) is 0 Å². The molecule has 0 saturated heterocycles. The SMILES string of the molecule is O=c1c(C(c2ccccc2)c2c3cccccc-3n(-c3ccc(Cl)cc3)c2=O)c2cccccc-2n1-c1ccc(Cl)cc1. The molecule has 6 heteroatoms. The van der Waals surface area contributed by atoms with E-state index in [0.717, 1.165) is 28.1 Å². The lowest BCUT2D eigenvalue weighted by molar-refractivity contribution is 0.921. The third-order valence-corrected chi connectivity index (χ3v) is 8.34. The van der Waals surface area contributed by atoms with Crippen LogP contribution in [0.4, 0.5) is 0 Å². The summed E-state index contributed by atoms with van der Waals surface area (Å²) in [5.74, 6) is -0.655. The van der Waals surface area contributed by atoms with E-state index in [4.69, 9.17) is 23.2 Å². The van der Waals surface area contributed by atoms with E-state index in [1.165, 1.54) is 0 Å². The molecule has 3 aromatic carbocycles. The van der Waals surface area contributed by atoms with Crippen LogP contribution in [-0.2, 0) is 0 Å². The predicted molar refractivity (Wildman–Crippen MR) is 175 cm³/mol. The van der Waals surface area contributed by atoms with E-state index in [-0.39, 0.29) is 11.1 Å². The largest absolute Gasteiger partial charge is 0.277 e. The highest BCUT2D eigenvalue weighted by atomic mass is 35.5. The molecule has 0 atom stereocenters. The van der Waals surface area contributed by atoms with Crippen LogP contribution in [-0.4, -0.2) is 9.13 Å². The van der Waals surface area contributed by atoms with E-state index in [0.29, 0.717) is 32.5 Å². The maximum absolute atomic E-state index is 14.7. The predicted octanol–water partition coefficient (Wildman–Crippen LogP) is 8.69. The highest BCUT2D eigenvalue weighted by molar-refractivity contribution is 6.30. The number of aromatic nitrogens is 2. The molecular formula is C37H24Cl2N2O2. The molecular weight excluding hydrogens is 575 g/mol. The Labute approximate surface area is 258 Å². The van der Waals surface area contributed by atoms with Crippen molar-refractivity contribution in [3.8, 4) is 33.9 Å². The number of benzene rings is 3. The Morgan fingerprint density at radius 3 is 1.23 bits per heavy atom. The Kier molecular flexibility index (Phi) is 6.94. The van der Waals surface area contributed by atoms with Crippen LogP contribution in [0.2, 0.25) is 10.0 Å². The zero-order chi connectivity index (χ0) is 29.5. The van der Waals surface area contributed by atoms with E-state index >= 15 is 0 Å². The average Bonchev–Trinajstić information content (AvgIpc) is 3.21. The molecule has 0 radical (unpaired) electrons. The van der Waals surface area contributed by atoms with Gasteiger partial charge in [0, 0.05) is 49.6 Å². The molecule has 0 amide bonds. The maximum atomic E-state index is 14.7. The normalized spacial score (nSPS) is 11.4. The van der Waals surface area contributed by atoms with Gasteiger partial charge < -0.3 is 0 Å². The summed E-state index contributed by atoms with van der Waals surface area (Å²) >= 11 is 12.4. The molecule has 0 aromatic heterocycles. The van der Waals surface area contributed by atoms with Crippen molar-refractivity contribution in [3.63, 3.8) is 0 Å². The minimum atomic E-state index is -0.655. The van der Waals surface area contributed by atoms with Crippen molar-refractivity contribution in [2.75, 3.05) is 0 Å².